The molecule has 1 saturated carbocycles. The highest BCUT2D eigenvalue weighted by Gasteiger charge is 2.25. The van der Waals surface area contributed by atoms with Gasteiger partial charge in [0.05, 0.1) is 5.71 Å². The molecule has 2 nitrogen and oxygen atoms in total. The van der Waals surface area contributed by atoms with Crippen LogP contribution >= 0.6 is 11.3 Å². The van der Waals surface area contributed by atoms with Crippen molar-refractivity contribution >= 4 is 28.9 Å². The monoisotopic (exact) mass is 275 g/mol. The molecule has 0 atom stereocenters. The van der Waals surface area contributed by atoms with Crippen LogP contribution in [-0.2, 0) is 4.79 Å². The number of carbonyl (C=O) groups is 1. The van der Waals surface area contributed by atoms with Crippen LogP contribution < -0.4 is 0 Å². The van der Waals surface area contributed by atoms with E-state index in [2.05, 4.69) is 22.5 Å². The number of thiophene rings is 1. The maximum atomic E-state index is 10.2. The van der Waals surface area contributed by atoms with E-state index < -0.39 is 0 Å². The zero-order valence-electron chi connectivity index (χ0n) is 11.8. The van der Waals surface area contributed by atoms with Crippen LogP contribution in [-0.4, -0.2) is 18.5 Å². The molecule has 0 radical (unpaired) electrons. The Kier molecular flexibility index (Phi) is 7.04. The Bertz CT molecular complexity index is 465. The smallest absolute Gasteiger partial charge is 0.132 e. The van der Waals surface area contributed by atoms with E-state index in [0.29, 0.717) is 11.7 Å². The molecule has 0 aliphatic heterocycles. The lowest BCUT2D eigenvalue weighted by Gasteiger charge is -1.88. The number of allylic oxidation sites excluding steroid dienone is 3. The van der Waals surface area contributed by atoms with Gasteiger partial charge in [-0.2, -0.15) is 0 Å². The summed E-state index contributed by atoms with van der Waals surface area (Å²) in [5.74, 6) is 0.833. The molecule has 1 aromatic rings. The van der Waals surface area contributed by atoms with Crippen LogP contribution in [0.2, 0.25) is 0 Å². The number of hydrogen-bond acceptors (Lipinski definition) is 3. The highest BCUT2D eigenvalue weighted by atomic mass is 32.1. The molecule has 0 N–H and O–H groups in total. The topological polar surface area (TPSA) is 29.4 Å². The van der Waals surface area contributed by atoms with Gasteiger partial charge in [0.15, 0.2) is 0 Å². The van der Waals surface area contributed by atoms with E-state index in [1.165, 1.54) is 4.88 Å². The predicted molar refractivity (Wildman–Crippen MR) is 84.9 cm³/mol. The van der Waals surface area contributed by atoms with Crippen molar-refractivity contribution in [2.45, 2.75) is 26.7 Å². The van der Waals surface area contributed by atoms with Crippen LogP contribution in [0, 0.1) is 5.92 Å². The fraction of sp³-hybridized carbons (Fsp3) is 0.375. The van der Waals surface area contributed by atoms with Gasteiger partial charge >= 0.3 is 0 Å². The first-order chi connectivity index (χ1) is 9.17. The van der Waals surface area contributed by atoms with E-state index in [1.54, 1.807) is 25.3 Å². The molecule has 19 heavy (non-hydrogen) atoms. The van der Waals surface area contributed by atoms with E-state index in [9.17, 15) is 4.79 Å². The zero-order valence-corrected chi connectivity index (χ0v) is 12.6. The van der Waals surface area contributed by atoms with E-state index in [-0.39, 0.29) is 0 Å². The van der Waals surface area contributed by atoms with Crippen LogP contribution in [0.3, 0.4) is 0 Å². The van der Waals surface area contributed by atoms with Crippen molar-refractivity contribution in [3.05, 3.63) is 40.6 Å². The van der Waals surface area contributed by atoms with Gasteiger partial charge in [0, 0.05) is 17.8 Å². The standard InChI is InChI=1S/C11H13NS.C5H8O/c1-3-5-10(12-2)7-8-11-6-4-9-13-11;1-4(6)5-2-3-5/h3-9H,1-2H3;5H,2-3H2,1H3/b5-3-,8-7+,12-10?;. The third-order valence-corrected chi connectivity index (χ3v) is 3.55. The van der Waals surface area contributed by atoms with Crippen molar-refractivity contribution in [1.82, 2.24) is 0 Å². The molecule has 1 heterocycles. The number of carbonyl (C=O) groups excluding carboxylic acids is 1. The van der Waals surface area contributed by atoms with Crippen molar-refractivity contribution < 1.29 is 4.79 Å². The Morgan fingerprint density at radius 2 is 2.16 bits per heavy atom. The summed E-state index contributed by atoms with van der Waals surface area (Å²) in [5.41, 5.74) is 0.996. The average molecular weight is 275 g/mol. The summed E-state index contributed by atoms with van der Waals surface area (Å²) in [6.45, 7) is 3.65. The molecule has 0 amide bonds. The maximum Gasteiger partial charge on any atom is 0.132 e. The Morgan fingerprint density at radius 3 is 2.53 bits per heavy atom. The lowest BCUT2D eigenvalue weighted by molar-refractivity contribution is -0.118. The number of nitrogens with zero attached hydrogens (tertiary/aromatic N) is 1. The van der Waals surface area contributed by atoms with E-state index in [0.717, 1.165) is 18.6 Å². The lowest BCUT2D eigenvalue weighted by atomic mass is 10.3. The first kappa shape index (κ1) is 15.6. The van der Waals surface area contributed by atoms with Gasteiger partial charge in [0.2, 0.25) is 0 Å². The maximum absolute atomic E-state index is 10.2. The van der Waals surface area contributed by atoms with E-state index in [4.69, 9.17) is 0 Å². The molecule has 1 aliphatic rings. The van der Waals surface area contributed by atoms with Crippen molar-refractivity contribution in [3.63, 3.8) is 0 Å². The lowest BCUT2D eigenvalue weighted by Crippen LogP contribution is -1.88. The molecular weight excluding hydrogens is 254 g/mol. The van der Waals surface area contributed by atoms with Gasteiger partial charge in [-0.1, -0.05) is 12.1 Å². The second kappa shape index (κ2) is 8.59. The molecule has 1 fully saturated rings. The van der Waals surface area contributed by atoms with Crippen LogP contribution in [0.1, 0.15) is 31.6 Å². The van der Waals surface area contributed by atoms with Gasteiger partial charge in [-0.3, -0.25) is 9.79 Å². The average Bonchev–Trinajstić information content (AvgIpc) is 3.14. The number of Topliss-reactive ketones (excluding diaryl/α,β-unsaturated/α-hetero) is 1. The first-order valence-electron chi connectivity index (χ1n) is 6.49. The molecule has 0 spiro atoms. The fourth-order valence-corrected chi connectivity index (χ4v) is 2.04. The number of hydrogen-bond donors (Lipinski definition) is 0. The summed E-state index contributed by atoms with van der Waals surface area (Å²) >= 11 is 1.73. The molecule has 1 aromatic heterocycles. The highest BCUT2D eigenvalue weighted by Crippen LogP contribution is 2.29. The SMILES string of the molecule is C/C=C\C(/C=C/c1cccs1)=NC.CC(=O)C1CC1. The van der Waals surface area contributed by atoms with Gasteiger partial charge in [-0.05, 0) is 56.4 Å². The number of rotatable bonds is 4. The summed E-state index contributed by atoms with van der Waals surface area (Å²) in [7, 11) is 1.80. The largest absolute Gasteiger partial charge is 0.300 e. The molecule has 2 rings (SSSR count). The third kappa shape index (κ3) is 6.87. The number of ketones is 1. The quantitative estimate of drug-likeness (QED) is 0.749. The second-order valence-corrected chi connectivity index (χ2v) is 5.36. The van der Waals surface area contributed by atoms with Crippen molar-refractivity contribution in [2.75, 3.05) is 7.05 Å². The summed E-state index contributed by atoms with van der Waals surface area (Å²) < 4.78 is 0. The van der Waals surface area contributed by atoms with Crippen LogP contribution in [0.25, 0.3) is 6.08 Å². The van der Waals surface area contributed by atoms with Gasteiger partial charge in [-0.25, -0.2) is 0 Å². The highest BCUT2D eigenvalue weighted by molar-refractivity contribution is 7.10. The molecule has 0 unspecified atom stereocenters. The third-order valence-electron chi connectivity index (χ3n) is 2.71. The first-order valence-corrected chi connectivity index (χ1v) is 7.36. The normalized spacial score (nSPS) is 15.6. The van der Waals surface area contributed by atoms with Crippen molar-refractivity contribution in [2.24, 2.45) is 10.9 Å². The van der Waals surface area contributed by atoms with Gasteiger partial charge in [0.1, 0.15) is 5.78 Å². The second-order valence-electron chi connectivity index (χ2n) is 4.38. The summed E-state index contributed by atoms with van der Waals surface area (Å²) in [4.78, 5) is 15.6. The van der Waals surface area contributed by atoms with Gasteiger partial charge < -0.3 is 0 Å². The van der Waals surface area contributed by atoms with Crippen LogP contribution in [0.4, 0.5) is 0 Å². The molecule has 102 valence electrons. The predicted octanol–water partition coefficient (Wildman–Crippen LogP) is 4.39. The van der Waals surface area contributed by atoms with Crippen molar-refractivity contribution in [1.29, 1.82) is 0 Å². The Hall–Kier alpha value is -1.48. The Balaban J connectivity index is 0.000000250. The zero-order chi connectivity index (χ0) is 14.1. The summed E-state index contributed by atoms with van der Waals surface area (Å²) in [6.07, 6.45) is 10.4. The van der Waals surface area contributed by atoms with E-state index >= 15 is 0 Å². The van der Waals surface area contributed by atoms with Crippen LogP contribution in [0.15, 0.2) is 40.7 Å². The molecule has 3 heteroatoms. The summed E-state index contributed by atoms with van der Waals surface area (Å²) in [5, 5.41) is 2.07. The minimum Gasteiger partial charge on any atom is -0.300 e. The summed E-state index contributed by atoms with van der Waals surface area (Å²) in [6, 6.07) is 4.13. The molecule has 0 bridgehead atoms. The van der Waals surface area contributed by atoms with Gasteiger partial charge in [0.25, 0.3) is 0 Å². The number of aliphatic imine (C=N–C) groups is 1. The van der Waals surface area contributed by atoms with Gasteiger partial charge in [-0.15, -0.1) is 11.3 Å². The minimum absolute atomic E-state index is 0.370. The fourth-order valence-electron chi connectivity index (χ4n) is 1.42. The Morgan fingerprint density at radius 1 is 1.42 bits per heavy atom. The molecule has 1 aliphatic carbocycles. The van der Waals surface area contributed by atoms with Crippen molar-refractivity contribution in [3.8, 4) is 0 Å². The minimum atomic E-state index is 0.370. The Labute approximate surface area is 119 Å². The molecule has 0 aromatic carbocycles. The molecule has 0 saturated heterocycles. The molecular formula is C16H21NOS. The van der Waals surface area contributed by atoms with Crippen LogP contribution in [0.5, 0.6) is 0 Å². The van der Waals surface area contributed by atoms with E-state index in [1.807, 2.05) is 31.2 Å².